The minimum absolute atomic E-state index is 0.0450. The molecule has 0 bridgehead atoms. The molecule has 0 spiro atoms. The van der Waals surface area contributed by atoms with Crippen LogP contribution < -0.4 is 0 Å². The number of ketones is 1. The zero-order valence-corrected chi connectivity index (χ0v) is 16.3. The summed E-state index contributed by atoms with van der Waals surface area (Å²) in [5, 5.41) is 29.1. The van der Waals surface area contributed by atoms with E-state index in [1.165, 1.54) is 51.4 Å². The van der Waals surface area contributed by atoms with Gasteiger partial charge in [-0.3, -0.25) is 4.79 Å². The van der Waals surface area contributed by atoms with Gasteiger partial charge in [0.15, 0.2) is 0 Å². The fourth-order valence-corrected chi connectivity index (χ4v) is 3.78. The Kier molecular flexibility index (Phi) is 11.6. The molecule has 0 aliphatic heterocycles. The molecule has 1 saturated carbocycles. The van der Waals surface area contributed by atoms with E-state index in [0.29, 0.717) is 19.3 Å². The van der Waals surface area contributed by atoms with Crippen molar-refractivity contribution in [2.45, 2.75) is 116 Å². The van der Waals surface area contributed by atoms with Crippen molar-refractivity contribution < 1.29 is 20.1 Å². The number of aliphatic hydroxyl groups is 3. The minimum Gasteiger partial charge on any atom is -0.390 e. The van der Waals surface area contributed by atoms with Gasteiger partial charge in [-0.05, 0) is 25.2 Å². The Hall–Kier alpha value is -0.450. The van der Waals surface area contributed by atoms with Crippen LogP contribution in [0.4, 0.5) is 0 Å². The fourth-order valence-electron chi connectivity index (χ4n) is 3.78. The normalized spacial score (nSPS) is 27.0. The molecule has 0 saturated heterocycles. The van der Waals surface area contributed by atoms with E-state index >= 15 is 0 Å². The second kappa shape index (κ2) is 12.8. The van der Waals surface area contributed by atoms with E-state index in [2.05, 4.69) is 13.8 Å². The summed E-state index contributed by atoms with van der Waals surface area (Å²) >= 11 is 0. The molecule has 1 aliphatic rings. The van der Waals surface area contributed by atoms with Crippen molar-refractivity contribution in [1.29, 1.82) is 0 Å². The van der Waals surface area contributed by atoms with Crippen LogP contribution in [0.3, 0.4) is 0 Å². The monoisotopic (exact) mass is 356 g/mol. The highest BCUT2D eigenvalue weighted by Gasteiger charge is 2.39. The van der Waals surface area contributed by atoms with E-state index in [-0.39, 0.29) is 5.78 Å². The summed E-state index contributed by atoms with van der Waals surface area (Å²) < 4.78 is 0. The van der Waals surface area contributed by atoms with Crippen LogP contribution in [0, 0.1) is 11.8 Å². The van der Waals surface area contributed by atoms with E-state index in [0.717, 1.165) is 18.8 Å². The van der Waals surface area contributed by atoms with E-state index in [4.69, 9.17) is 0 Å². The smallest absolute Gasteiger partial charge is 0.138 e. The molecule has 148 valence electrons. The fraction of sp³-hybridized carbons (Fsp3) is 0.952. The average molecular weight is 357 g/mol. The van der Waals surface area contributed by atoms with Crippen molar-refractivity contribution in [3.05, 3.63) is 0 Å². The third-order valence-corrected chi connectivity index (χ3v) is 5.55. The number of unbranched alkanes of at least 4 members (excludes halogenated alkanes) is 8. The van der Waals surface area contributed by atoms with Crippen LogP contribution in [-0.4, -0.2) is 39.4 Å². The Morgan fingerprint density at radius 3 is 1.88 bits per heavy atom. The summed E-state index contributed by atoms with van der Waals surface area (Å²) in [6, 6.07) is 0. The molecule has 0 radical (unpaired) electrons. The number of carbonyl (C=O) groups excluding carboxylic acids is 1. The Morgan fingerprint density at radius 1 is 0.800 bits per heavy atom. The first-order valence-electron chi connectivity index (χ1n) is 10.5. The van der Waals surface area contributed by atoms with Gasteiger partial charge < -0.3 is 15.3 Å². The first kappa shape index (κ1) is 22.6. The van der Waals surface area contributed by atoms with Crippen molar-refractivity contribution in [3.63, 3.8) is 0 Å². The van der Waals surface area contributed by atoms with Gasteiger partial charge in [-0.2, -0.15) is 0 Å². The van der Waals surface area contributed by atoms with Crippen molar-refractivity contribution in [1.82, 2.24) is 0 Å². The molecule has 0 aromatic carbocycles. The highest BCUT2D eigenvalue weighted by molar-refractivity contribution is 5.81. The number of Topliss-reactive ketones (excluding diaryl/α,β-unsaturated/α-hetero) is 1. The Labute approximate surface area is 154 Å². The molecule has 3 N–H and O–H groups in total. The average Bonchev–Trinajstić information content (AvgIpc) is 2.57. The standard InChI is InChI=1S/C21H40O4/c1-16(2)12-10-8-6-4-3-5-7-9-11-13-18(22)17-14-15-19(23)21(25)20(17)24/h16-17,19-21,23-25H,3-15H2,1-2H3. The van der Waals surface area contributed by atoms with Gasteiger partial charge in [0.25, 0.3) is 0 Å². The van der Waals surface area contributed by atoms with Crippen LogP contribution in [-0.2, 0) is 4.79 Å². The van der Waals surface area contributed by atoms with Crippen molar-refractivity contribution >= 4 is 5.78 Å². The summed E-state index contributed by atoms with van der Waals surface area (Å²) in [6.45, 7) is 4.57. The zero-order chi connectivity index (χ0) is 18.7. The lowest BCUT2D eigenvalue weighted by Gasteiger charge is -2.34. The van der Waals surface area contributed by atoms with Crippen LogP contribution in [0.2, 0.25) is 0 Å². The molecule has 0 aromatic rings. The van der Waals surface area contributed by atoms with Crippen molar-refractivity contribution in [2.24, 2.45) is 11.8 Å². The quantitative estimate of drug-likeness (QED) is 0.436. The first-order valence-corrected chi connectivity index (χ1v) is 10.5. The number of carbonyl (C=O) groups is 1. The van der Waals surface area contributed by atoms with E-state index in [1.807, 2.05) is 0 Å². The first-order chi connectivity index (χ1) is 11.9. The molecule has 1 fully saturated rings. The predicted molar refractivity (Wildman–Crippen MR) is 101 cm³/mol. The highest BCUT2D eigenvalue weighted by atomic mass is 16.4. The molecule has 0 aromatic heterocycles. The summed E-state index contributed by atoms with van der Waals surface area (Å²) in [5.74, 6) is 0.374. The van der Waals surface area contributed by atoms with Gasteiger partial charge in [0.2, 0.25) is 0 Å². The summed E-state index contributed by atoms with van der Waals surface area (Å²) in [6.07, 6.45) is 10.6. The van der Waals surface area contributed by atoms with Gasteiger partial charge >= 0.3 is 0 Å². The van der Waals surface area contributed by atoms with Crippen LogP contribution in [0.15, 0.2) is 0 Å². The topological polar surface area (TPSA) is 77.8 Å². The van der Waals surface area contributed by atoms with Gasteiger partial charge in [-0.1, -0.05) is 71.6 Å². The third kappa shape index (κ3) is 9.16. The maximum atomic E-state index is 12.2. The molecule has 4 heteroatoms. The predicted octanol–water partition coefficient (Wildman–Crippen LogP) is 4.00. The molecule has 0 heterocycles. The zero-order valence-electron chi connectivity index (χ0n) is 16.3. The van der Waals surface area contributed by atoms with Crippen LogP contribution in [0.25, 0.3) is 0 Å². The van der Waals surface area contributed by atoms with Gasteiger partial charge in [0.1, 0.15) is 11.9 Å². The van der Waals surface area contributed by atoms with Crippen LogP contribution in [0.1, 0.15) is 97.3 Å². The maximum Gasteiger partial charge on any atom is 0.138 e. The van der Waals surface area contributed by atoms with E-state index in [9.17, 15) is 20.1 Å². The lowest BCUT2D eigenvalue weighted by Crippen LogP contribution is -2.48. The largest absolute Gasteiger partial charge is 0.390 e. The molecule has 1 aliphatic carbocycles. The summed E-state index contributed by atoms with van der Waals surface area (Å²) in [5.41, 5.74) is 0. The van der Waals surface area contributed by atoms with E-state index < -0.39 is 24.2 Å². The second-order valence-corrected chi connectivity index (χ2v) is 8.31. The van der Waals surface area contributed by atoms with Crippen LogP contribution in [0.5, 0.6) is 0 Å². The molecule has 25 heavy (non-hydrogen) atoms. The Morgan fingerprint density at radius 2 is 1.32 bits per heavy atom. The van der Waals surface area contributed by atoms with Gasteiger partial charge in [0, 0.05) is 12.3 Å². The molecular formula is C21H40O4. The van der Waals surface area contributed by atoms with Gasteiger partial charge in [-0.25, -0.2) is 0 Å². The molecular weight excluding hydrogens is 316 g/mol. The lowest BCUT2D eigenvalue weighted by molar-refractivity contribution is -0.143. The Bertz CT molecular complexity index is 356. The third-order valence-electron chi connectivity index (χ3n) is 5.55. The van der Waals surface area contributed by atoms with Crippen molar-refractivity contribution in [2.75, 3.05) is 0 Å². The SMILES string of the molecule is CC(C)CCCCCCCCCCCC(=O)C1CCC(O)C(O)C1O. The Balaban J connectivity index is 1.96. The minimum atomic E-state index is -1.18. The van der Waals surface area contributed by atoms with Gasteiger partial charge in [-0.15, -0.1) is 0 Å². The van der Waals surface area contributed by atoms with Gasteiger partial charge in [0.05, 0.1) is 12.2 Å². The maximum absolute atomic E-state index is 12.2. The van der Waals surface area contributed by atoms with Crippen molar-refractivity contribution in [3.8, 4) is 0 Å². The van der Waals surface area contributed by atoms with Crippen LogP contribution >= 0.6 is 0 Å². The number of hydrogen-bond donors (Lipinski definition) is 3. The number of hydrogen-bond acceptors (Lipinski definition) is 4. The molecule has 0 amide bonds. The van der Waals surface area contributed by atoms with E-state index in [1.54, 1.807) is 0 Å². The highest BCUT2D eigenvalue weighted by Crippen LogP contribution is 2.27. The molecule has 4 atom stereocenters. The summed E-state index contributed by atoms with van der Waals surface area (Å²) in [7, 11) is 0. The number of rotatable bonds is 13. The number of aliphatic hydroxyl groups excluding tert-OH is 3. The summed E-state index contributed by atoms with van der Waals surface area (Å²) in [4.78, 5) is 12.2. The molecule has 1 rings (SSSR count). The molecule has 4 nitrogen and oxygen atoms in total. The molecule has 4 unspecified atom stereocenters. The second-order valence-electron chi connectivity index (χ2n) is 8.31. The lowest BCUT2D eigenvalue weighted by atomic mass is 9.79.